The van der Waals surface area contributed by atoms with Crippen molar-refractivity contribution in [3.63, 3.8) is 0 Å². The molecule has 8 rings (SSSR count). The van der Waals surface area contributed by atoms with E-state index in [1.54, 1.807) is 60.8 Å². The molecule has 2 aromatic heterocycles. The van der Waals surface area contributed by atoms with Gasteiger partial charge < -0.3 is 32.8 Å². The van der Waals surface area contributed by atoms with Crippen LogP contribution in [0.15, 0.2) is 106 Å². The second-order valence-corrected chi connectivity index (χ2v) is 15.6. The first-order valence-electron chi connectivity index (χ1n) is 21.5. The molecule has 0 spiro atoms. The lowest BCUT2D eigenvalue weighted by Crippen LogP contribution is -2.54. The average molecular weight is 927 g/mol. The van der Waals surface area contributed by atoms with Gasteiger partial charge in [0.15, 0.2) is 5.43 Å². The number of fused-ring (bicyclic) bond motifs is 2. The Morgan fingerprint density at radius 2 is 1.49 bits per heavy atom. The summed E-state index contributed by atoms with van der Waals surface area (Å²) in [4.78, 5) is 69.1. The number of carbonyl (C=O) groups excluding carboxylic acids is 4. The summed E-state index contributed by atoms with van der Waals surface area (Å²) in [5, 5.41) is 12.6. The summed E-state index contributed by atoms with van der Waals surface area (Å²) in [5.41, 5.74) is 3.94. The lowest BCUT2D eigenvalue weighted by Gasteiger charge is -2.27. The van der Waals surface area contributed by atoms with E-state index in [1.807, 2.05) is 31.2 Å². The molecule has 1 fully saturated rings. The van der Waals surface area contributed by atoms with Gasteiger partial charge in [0.2, 0.25) is 11.8 Å². The van der Waals surface area contributed by atoms with E-state index in [4.69, 9.17) is 44.4 Å². The summed E-state index contributed by atoms with van der Waals surface area (Å²) in [7, 11) is 0. The minimum absolute atomic E-state index is 0.0318. The van der Waals surface area contributed by atoms with Gasteiger partial charge in [-0.3, -0.25) is 39.2 Å². The number of ether oxygens (including phenoxy) is 6. The Balaban J connectivity index is 0.764. The normalized spacial score (nSPS) is 14.5. The van der Waals surface area contributed by atoms with Gasteiger partial charge in [-0.15, -0.1) is 0 Å². The molecule has 2 aliphatic heterocycles. The minimum atomic E-state index is -1.06. The minimum Gasteiger partial charge on any atom is -0.493 e. The van der Waals surface area contributed by atoms with E-state index in [1.165, 1.54) is 12.1 Å². The highest BCUT2D eigenvalue weighted by molar-refractivity contribution is 6.33. The Morgan fingerprint density at radius 1 is 0.746 bits per heavy atom. The number of amides is 4. The molecule has 16 nitrogen and oxygen atoms in total. The molecule has 0 radical (unpaired) electrons. The number of nitriles is 1. The number of piperidine rings is 1. The van der Waals surface area contributed by atoms with E-state index < -0.39 is 29.7 Å². The second kappa shape index (κ2) is 21.3. The molecule has 342 valence electrons. The third-order valence-electron chi connectivity index (χ3n) is 10.8. The van der Waals surface area contributed by atoms with Crippen molar-refractivity contribution in [2.75, 3.05) is 59.5 Å². The van der Waals surface area contributed by atoms with E-state index in [9.17, 15) is 29.2 Å². The van der Waals surface area contributed by atoms with Gasteiger partial charge in [0.25, 0.3) is 11.8 Å². The van der Waals surface area contributed by atoms with Crippen LogP contribution in [0.2, 0.25) is 5.02 Å². The summed E-state index contributed by atoms with van der Waals surface area (Å²) in [6.45, 7) is 4.25. The number of pyridine rings is 1. The van der Waals surface area contributed by atoms with Crippen LogP contribution in [0.1, 0.15) is 46.0 Å². The number of rotatable bonds is 20. The third-order valence-corrected chi connectivity index (χ3v) is 11.1. The van der Waals surface area contributed by atoms with Gasteiger partial charge in [-0.1, -0.05) is 23.7 Å². The molecule has 6 aromatic rings. The van der Waals surface area contributed by atoms with Crippen LogP contribution in [0.5, 0.6) is 17.2 Å². The lowest BCUT2D eigenvalue weighted by molar-refractivity contribution is -0.136. The molecule has 4 amide bonds. The largest absolute Gasteiger partial charge is 0.493 e. The third kappa shape index (κ3) is 10.5. The number of nitrogens with zero attached hydrogens (tertiary/aromatic N) is 3. The van der Waals surface area contributed by atoms with Crippen LogP contribution < -0.4 is 25.0 Å². The summed E-state index contributed by atoms with van der Waals surface area (Å²) >= 11 is 6.69. The lowest BCUT2D eigenvalue weighted by atomic mass is 9.96. The fourth-order valence-corrected chi connectivity index (χ4v) is 7.97. The smallest absolute Gasteiger partial charge is 0.266 e. The molecule has 17 heteroatoms. The number of halogens is 1. The standard InChI is InChI=1S/C50H43ClN4O12/c1-2-64-43-28-45-37(26-36(43)31-22-30(29-52)23-32(24-31)39-7-3-4-13-53-39)41(56)27-44(67-45)34-10-9-33(25-38(34)51)65-20-18-62-16-14-61-15-17-63-19-21-66-42-8-5-6-35-47(42)50(60)55(49(35)59)40-11-12-46(57)54-48(40)58/h3-10,13,22-28,40H,2,11-12,14-21H2,1H3,(H,54,57,58). The highest BCUT2D eigenvalue weighted by Crippen LogP contribution is 2.39. The van der Waals surface area contributed by atoms with Crippen LogP contribution in [-0.2, 0) is 23.8 Å². The molecule has 1 saturated heterocycles. The van der Waals surface area contributed by atoms with Gasteiger partial charge in [0, 0.05) is 41.4 Å². The van der Waals surface area contributed by atoms with Gasteiger partial charge in [0.05, 0.1) is 85.1 Å². The molecule has 4 heterocycles. The van der Waals surface area contributed by atoms with Crippen molar-refractivity contribution in [1.29, 1.82) is 5.26 Å². The van der Waals surface area contributed by atoms with Crippen molar-refractivity contribution >= 4 is 46.2 Å². The Hall–Kier alpha value is -7.42. The number of carbonyl (C=O) groups is 4. The topological polar surface area (TPSA) is 206 Å². The van der Waals surface area contributed by atoms with Crippen LogP contribution in [0.25, 0.3) is 44.7 Å². The Kier molecular flexibility index (Phi) is 14.6. The predicted octanol–water partition coefficient (Wildman–Crippen LogP) is 7.02. The van der Waals surface area contributed by atoms with Crippen LogP contribution >= 0.6 is 11.6 Å². The van der Waals surface area contributed by atoms with Gasteiger partial charge in [-0.05, 0) is 85.6 Å². The summed E-state index contributed by atoms with van der Waals surface area (Å²) in [6.07, 6.45) is 1.78. The summed E-state index contributed by atoms with van der Waals surface area (Å²) < 4.78 is 40.7. The number of nitrogens with one attached hydrogen (secondary N) is 1. The molecule has 4 aromatic carbocycles. The fraction of sp³-hybridized carbons (Fsp3) is 0.260. The summed E-state index contributed by atoms with van der Waals surface area (Å²) in [5.74, 6) is -0.929. The molecular formula is C50H43ClN4O12. The number of hydrogen-bond acceptors (Lipinski definition) is 14. The van der Waals surface area contributed by atoms with Crippen molar-refractivity contribution < 1.29 is 52.0 Å². The monoisotopic (exact) mass is 926 g/mol. The maximum atomic E-state index is 13.6. The molecule has 0 aliphatic carbocycles. The SMILES string of the molecule is CCOc1cc2oc(-c3ccc(OCCOCCOCCOCCOc4cccc5c4C(=O)N(C4CCC(=O)NC4=O)C5=O)cc3Cl)cc(=O)c2cc1-c1cc(C#N)cc(-c2ccccn2)c1. The van der Waals surface area contributed by atoms with Crippen molar-refractivity contribution in [2.45, 2.75) is 25.8 Å². The molecule has 1 atom stereocenters. The van der Waals surface area contributed by atoms with Gasteiger partial charge in [0.1, 0.15) is 47.8 Å². The van der Waals surface area contributed by atoms with Gasteiger partial charge in [-0.2, -0.15) is 5.26 Å². The van der Waals surface area contributed by atoms with Gasteiger partial charge in [-0.25, -0.2) is 0 Å². The van der Waals surface area contributed by atoms with Gasteiger partial charge >= 0.3 is 0 Å². The van der Waals surface area contributed by atoms with Crippen molar-refractivity contribution in [3.05, 3.63) is 129 Å². The van der Waals surface area contributed by atoms with E-state index in [2.05, 4.69) is 16.4 Å². The first kappa shape index (κ1) is 46.1. The fourth-order valence-electron chi connectivity index (χ4n) is 7.71. The quantitative estimate of drug-likeness (QED) is 0.0604. The van der Waals surface area contributed by atoms with E-state index in [0.717, 1.165) is 10.5 Å². The maximum Gasteiger partial charge on any atom is 0.266 e. The molecule has 67 heavy (non-hydrogen) atoms. The maximum absolute atomic E-state index is 13.6. The van der Waals surface area contributed by atoms with Crippen molar-refractivity contribution in [1.82, 2.24) is 15.2 Å². The number of hydrogen-bond donors (Lipinski definition) is 1. The number of imide groups is 2. The number of benzene rings is 4. The molecule has 2 aliphatic rings. The van der Waals surface area contributed by atoms with Crippen LogP contribution in [0.3, 0.4) is 0 Å². The van der Waals surface area contributed by atoms with E-state index in [0.29, 0.717) is 81.9 Å². The van der Waals surface area contributed by atoms with Crippen molar-refractivity contribution in [3.8, 4) is 57.0 Å². The van der Waals surface area contributed by atoms with Crippen molar-refractivity contribution in [2.24, 2.45) is 0 Å². The first-order chi connectivity index (χ1) is 32.6. The molecule has 1 unspecified atom stereocenters. The van der Waals surface area contributed by atoms with E-state index in [-0.39, 0.29) is 73.9 Å². The highest BCUT2D eigenvalue weighted by Gasteiger charge is 2.46. The van der Waals surface area contributed by atoms with Crippen LogP contribution in [0, 0.1) is 11.3 Å². The Labute approximate surface area is 388 Å². The van der Waals surface area contributed by atoms with E-state index >= 15 is 0 Å². The summed E-state index contributed by atoms with van der Waals surface area (Å²) in [6, 6.07) is 26.7. The Morgan fingerprint density at radius 3 is 2.19 bits per heavy atom. The molecular weight excluding hydrogens is 884 g/mol. The van der Waals surface area contributed by atoms with Crippen LogP contribution in [-0.4, -0.2) is 99.0 Å². The average Bonchev–Trinajstić information content (AvgIpc) is 3.59. The predicted molar refractivity (Wildman–Crippen MR) is 244 cm³/mol. The zero-order chi connectivity index (χ0) is 46.9. The highest BCUT2D eigenvalue weighted by atomic mass is 35.5. The molecule has 0 bridgehead atoms. The molecule has 0 saturated carbocycles. The molecule has 1 N–H and O–H groups in total. The van der Waals surface area contributed by atoms with Crippen LogP contribution in [0.4, 0.5) is 0 Å². The second-order valence-electron chi connectivity index (χ2n) is 15.2. The number of aromatic nitrogens is 1. The first-order valence-corrected chi connectivity index (χ1v) is 21.9. The zero-order valence-electron chi connectivity index (χ0n) is 36.2. The zero-order valence-corrected chi connectivity index (χ0v) is 37.0. The Bertz CT molecular complexity index is 2950.